The summed E-state index contributed by atoms with van der Waals surface area (Å²) in [6.07, 6.45) is 4.66. The minimum Gasteiger partial charge on any atom is -0.322 e. The molecule has 0 radical (unpaired) electrons. The van der Waals surface area contributed by atoms with Crippen molar-refractivity contribution in [2.24, 2.45) is 0 Å². The van der Waals surface area contributed by atoms with Crippen molar-refractivity contribution < 1.29 is 4.79 Å². The molecular formula is C11H8INO. The minimum absolute atomic E-state index is 0.732. The van der Waals surface area contributed by atoms with Crippen molar-refractivity contribution in [3.63, 3.8) is 0 Å². The van der Waals surface area contributed by atoms with Crippen molar-refractivity contribution in [2.45, 2.75) is 0 Å². The molecule has 2 rings (SSSR count). The van der Waals surface area contributed by atoms with Crippen LogP contribution in [0.5, 0.6) is 0 Å². The van der Waals surface area contributed by atoms with E-state index >= 15 is 0 Å². The Bertz CT molecular complexity index is 499. The number of benzene rings is 1. The van der Waals surface area contributed by atoms with Crippen molar-refractivity contribution in [3.8, 4) is 0 Å². The maximum Gasteiger partial charge on any atom is 0.152 e. The van der Waals surface area contributed by atoms with Gasteiger partial charge in [-0.1, -0.05) is 40.8 Å². The SMILES string of the molecule is O=Cc1cn(/C=C/I)c2ccccc12. The molecule has 1 aromatic heterocycles. The highest BCUT2D eigenvalue weighted by atomic mass is 127. The number of hydrogen-bond acceptors (Lipinski definition) is 1. The van der Waals surface area contributed by atoms with Gasteiger partial charge in [-0.05, 0) is 10.1 Å². The number of nitrogens with zero attached hydrogens (tertiary/aromatic N) is 1. The molecule has 0 atom stereocenters. The van der Waals surface area contributed by atoms with Gasteiger partial charge in [-0.15, -0.1) is 0 Å². The molecule has 0 aliphatic rings. The van der Waals surface area contributed by atoms with Crippen LogP contribution in [0.15, 0.2) is 34.5 Å². The predicted molar refractivity (Wildman–Crippen MR) is 66.7 cm³/mol. The normalized spacial score (nSPS) is 11.2. The number of carbonyl (C=O) groups excluding carboxylic acids is 1. The van der Waals surface area contributed by atoms with Crippen LogP contribution in [0.3, 0.4) is 0 Å². The smallest absolute Gasteiger partial charge is 0.152 e. The van der Waals surface area contributed by atoms with Crippen LogP contribution >= 0.6 is 22.6 Å². The summed E-state index contributed by atoms with van der Waals surface area (Å²) in [6.45, 7) is 0. The third-order valence-corrected chi connectivity index (χ3v) is 2.44. The van der Waals surface area contributed by atoms with Gasteiger partial charge in [0.15, 0.2) is 6.29 Å². The molecule has 14 heavy (non-hydrogen) atoms. The molecule has 0 bridgehead atoms. The summed E-state index contributed by atoms with van der Waals surface area (Å²) in [7, 11) is 0. The lowest BCUT2D eigenvalue weighted by Gasteiger charge is -1.94. The van der Waals surface area contributed by atoms with E-state index in [-0.39, 0.29) is 0 Å². The number of halogens is 1. The van der Waals surface area contributed by atoms with E-state index < -0.39 is 0 Å². The molecule has 70 valence electrons. The van der Waals surface area contributed by atoms with Crippen LogP contribution in [0.1, 0.15) is 10.4 Å². The van der Waals surface area contributed by atoms with E-state index in [9.17, 15) is 4.79 Å². The average Bonchev–Trinajstić information content (AvgIpc) is 2.58. The molecule has 0 unspecified atom stereocenters. The van der Waals surface area contributed by atoms with Crippen molar-refractivity contribution in [2.75, 3.05) is 0 Å². The van der Waals surface area contributed by atoms with Crippen molar-refractivity contribution in [1.29, 1.82) is 0 Å². The van der Waals surface area contributed by atoms with E-state index in [1.54, 1.807) is 0 Å². The molecule has 1 aromatic carbocycles. The number of hydrogen-bond donors (Lipinski definition) is 0. The number of aromatic nitrogens is 1. The number of para-hydroxylation sites is 1. The lowest BCUT2D eigenvalue weighted by Crippen LogP contribution is -1.80. The van der Waals surface area contributed by atoms with Gasteiger partial charge in [0.1, 0.15) is 0 Å². The Kier molecular flexibility index (Phi) is 2.67. The Hall–Kier alpha value is -1.10. The van der Waals surface area contributed by atoms with Gasteiger partial charge in [0, 0.05) is 23.3 Å². The zero-order valence-corrected chi connectivity index (χ0v) is 9.51. The lowest BCUT2D eigenvalue weighted by molar-refractivity contribution is 0.112. The summed E-state index contributed by atoms with van der Waals surface area (Å²) in [4.78, 5) is 10.8. The largest absolute Gasteiger partial charge is 0.322 e. The number of aldehydes is 1. The molecule has 0 saturated carbocycles. The van der Waals surface area contributed by atoms with Crippen LogP contribution < -0.4 is 0 Å². The van der Waals surface area contributed by atoms with E-state index in [1.807, 2.05) is 45.3 Å². The predicted octanol–water partition coefficient (Wildman–Crippen LogP) is 3.32. The molecule has 3 heteroatoms. The maximum atomic E-state index is 10.8. The second kappa shape index (κ2) is 3.96. The van der Waals surface area contributed by atoms with Gasteiger partial charge in [0.2, 0.25) is 0 Å². The second-order valence-electron chi connectivity index (χ2n) is 2.90. The summed E-state index contributed by atoms with van der Waals surface area (Å²) in [5.74, 6) is 0. The van der Waals surface area contributed by atoms with Gasteiger partial charge in [0.25, 0.3) is 0 Å². The first-order valence-corrected chi connectivity index (χ1v) is 5.43. The molecule has 0 amide bonds. The fourth-order valence-corrected chi connectivity index (χ4v) is 1.86. The summed E-state index contributed by atoms with van der Waals surface area (Å²) in [5.41, 5.74) is 1.79. The molecule has 0 aliphatic carbocycles. The van der Waals surface area contributed by atoms with Crippen LogP contribution in [0.25, 0.3) is 17.1 Å². The van der Waals surface area contributed by atoms with E-state index in [4.69, 9.17) is 0 Å². The van der Waals surface area contributed by atoms with Crippen LogP contribution in [0, 0.1) is 0 Å². The molecule has 0 aliphatic heterocycles. The molecule has 1 heterocycles. The van der Waals surface area contributed by atoms with Gasteiger partial charge < -0.3 is 4.57 Å². The van der Waals surface area contributed by atoms with E-state index in [2.05, 4.69) is 22.6 Å². The third-order valence-electron chi connectivity index (χ3n) is 2.12. The Morgan fingerprint density at radius 1 is 1.29 bits per heavy atom. The Labute approximate surface area is 95.4 Å². The standard InChI is InChI=1S/C11H8INO/c12-5-6-13-7-9(8-14)10-3-1-2-4-11(10)13/h1-8H/b6-5+. The molecule has 2 aromatic rings. The fourth-order valence-electron chi connectivity index (χ4n) is 1.51. The number of fused-ring (bicyclic) bond motifs is 1. The van der Waals surface area contributed by atoms with Gasteiger partial charge >= 0.3 is 0 Å². The fraction of sp³-hybridized carbons (Fsp3) is 0. The molecule has 0 fully saturated rings. The van der Waals surface area contributed by atoms with Crippen molar-refractivity contribution in [1.82, 2.24) is 4.57 Å². The first-order valence-electron chi connectivity index (χ1n) is 4.18. The van der Waals surface area contributed by atoms with E-state index in [0.29, 0.717) is 0 Å². The van der Waals surface area contributed by atoms with Gasteiger partial charge in [-0.25, -0.2) is 0 Å². The van der Waals surface area contributed by atoms with Crippen molar-refractivity contribution in [3.05, 3.63) is 40.1 Å². The maximum absolute atomic E-state index is 10.8. The van der Waals surface area contributed by atoms with Crippen LogP contribution in [-0.2, 0) is 0 Å². The Morgan fingerprint density at radius 2 is 2.07 bits per heavy atom. The topological polar surface area (TPSA) is 22.0 Å². The lowest BCUT2D eigenvalue weighted by atomic mass is 10.2. The summed E-state index contributed by atoms with van der Waals surface area (Å²) in [5, 5.41) is 0.997. The van der Waals surface area contributed by atoms with Crippen LogP contribution in [-0.4, -0.2) is 10.9 Å². The second-order valence-corrected chi connectivity index (χ2v) is 3.62. The summed E-state index contributed by atoms with van der Waals surface area (Å²) >= 11 is 2.16. The van der Waals surface area contributed by atoms with E-state index in [0.717, 1.165) is 22.8 Å². The van der Waals surface area contributed by atoms with Crippen LogP contribution in [0.4, 0.5) is 0 Å². The molecular weight excluding hydrogens is 289 g/mol. The van der Waals surface area contributed by atoms with Gasteiger partial charge in [-0.3, -0.25) is 4.79 Å². The van der Waals surface area contributed by atoms with Gasteiger partial charge in [-0.2, -0.15) is 0 Å². The molecule has 0 N–H and O–H groups in total. The summed E-state index contributed by atoms with van der Waals surface area (Å²) < 4.78 is 3.87. The van der Waals surface area contributed by atoms with E-state index in [1.165, 1.54) is 0 Å². The highest BCUT2D eigenvalue weighted by Crippen LogP contribution is 2.20. The highest BCUT2D eigenvalue weighted by molar-refractivity contribution is 14.1. The monoisotopic (exact) mass is 297 g/mol. The Balaban J connectivity index is 2.79. The third kappa shape index (κ3) is 1.48. The van der Waals surface area contributed by atoms with Gasteiger partial charge in [0.05, 0.1) is 5.52 Å². The summed E-state index contributed by atoms with van der Waals surface area (Å²) in [6, 6.07) is 7.86. The Morgan fingerprint density at radius 3 is 2.79 bits per heavy atom. The molecule has 2 nitrogen and oxygen atoms in total. The number of carbonyl (C=O) groups is 1. The van der Waals surface area contributed by atoms with Crippen LogP contribution in [0.2, 0.25) is 0 Å². The van der Waals surface area contributed by atoms with Crippen molar-refractivity contribution >= 4 is 46.0 Å². The first kappa shape index (κ1) is 9.45. The quantitative estimate of drug-likeness (QED) is 0.615. The number of rotatable bonds is 2. The zero-order valence-electron chi connectivity index (χ0n) is 7.35. The zero-order chi connectivity index (χ0) is 9.97. The highest BCUT2D eigenvalue weighted by Gasteiger charge is 2.04. The average molecular weight is 297 g/mol. The first-order chi connectivity index (χ1) is 6.86. The molecule has 0 saturated heterocycles. The molecule has 0 spiro atoms. The minimum atomic E-state index is 0.732.